The minimum atomic E-state index is -0.757. The third-order valence-electron chi connectivity index (χ3n) is 4.13. The smallest absolute Gasteiger partial charge is 0.328 e. The summed E-state index contributed by atoms with van der Waals surface area (Å²) in [7, 11) is 1.32. The first-order valence-corrected chi connectivity index (χ1v) is 8.98. The van der Waals surface area contributed by atoms with Crippen molar-refractivity contribution in [3.05, 3.63) is 82.3 Å². The average molecular weight is 412 g/mol. The molecule has 1 atom stereocenters. The fraction of sp³-hybridized carbons (Fsp3) is 0.143. The van der Waals surface area contributed by atoms with Crippen LogP contribution in [0.5, 0.6) is 0 Å². The first-order valence-electron chi connectivity index (χ1n) is 8.19. The van der Waals surface area contributed by atoms with Crippen molar-refractivity contribution in [1.29, 1.82) is 0 Å². The van der Waals surface area contributed by atoms with Gasteiger partial charge in [0, 0.05) is 16.5 Å². The van der Waals surface area contributed by atoms with Gasteiger partial charge in [-0.15, -0.1) is 0 Å². The monoisotopic (exact) mass is 411 g/mol. The van der Waals surface area contributed by atoms with Crippen LogP contribution in [0.15, 0.2) is 71.2 Å². The zero-order valence-electron chi connectivity index (χ0n) is 14.2. The number of esters is 1. The van der Waals surface area contributed by atoms with E-state index in [4.69, 9.17) is 4.74 Å². The normalized spacial score (nSPS) is 11.8. The van der Waals surface area contributed by atoms with Gasteiger partial charge >= 0.3 is 5.97 Å². The molecule has 0 heterocycles. The second-order valence-corrected chi connectivity index (χ2v) is 6.86. The second-order valence-electron chi connectivity index (χ2n) is 5.95. The van der Waals surface area contributed by atoms with Gasteiger partial charge in [-0.25, -0.2) is 4.79 Å². The number of hydrogen-bond acceptors (Lipinski definition) is 3. The van der Waals surface area contributed by atoms with Gasteiger partial charge < -0.3 is 10.1 Å². The van der Waals surface area contributed by atoms with Gasteiger partial charge in [-0.3, -0.25) is 4.79 Å². The maximum absolute atomic E-state index is 12.5. The van der Waals surface area contributed by atoms with E-state index in [1.54, 1.807) is 18.2 Å². The molecule has 4 nitrogen and oxygen atoms in total. The second kappa shape index (κ2) is 8.15. The van der Waals surface area contributed by atoms with Gasteiger partial charge in [-0.1, -0.05) is 64.5 Å². The van der Waals surface area contributed by atoms with E-state index in [0.717, 1.165) is 20.8 Å². The molecular weight excluding hydrogens is 394 g/mol. The minimum Gasteiger partial charge on any atom is -0.467 e. The molecule has 0 aromatic heterocycles. The molecule has 1 N–H and O–H groups in total. The predicted molar refractivity (Wildman–Crippen MR) is 105 cm³/mol. The highest BCUT2D eigenvalue weighted by atomic mass is 79.9. The Bertz CT molecular complexity index is 955. The molecular formula is C21H18BrNO3. The van der Waals surface area contributed by atoms with Crippen molar-refractivity contribution in [3.8, 4) is 0 Å². The van der Waals surface area contributed by atoms with Crippen LogP contribution >= 0.6 is 15.9 Å². The number of benzene rings is 3. The summed E-state index contributed by atoms with van der Waals surface area (Å²) in [5.74, 6) is -0.788. The molecule has 3 aromatic carbocycles. The highest BCUT2D eigenvalue weighted by molar-refractivity contribution is 9.10. The lowest BCUT2D eigenvalue weighted by Crippen LogP contribution is -2.43. The molecule has 0 saturated heterocycles. The van der Waals surface area contributed by atoms with Crippen LogP contribution in [0.1, 0.15) is 15.9 Å². The van der Waals surface area contributed by atoms with Gasteiger partial charge in [0.25, 0.3) is 5.91 Å². The van der Waals surface area contributed by atoms with Crippen LogP contribution in [0.4, 0.5) is 0 Å². The van der Waals surface area contributed by atoms with E-state index in [2.05, 4.69) is 21.2 Å². The fourth-order valence-electron chi connectivity index (χ4n) is 2.81. The van der Waals surface area contributed by atoms with Gasteiger partial charge in [0.15, 0.2) is 0 Å². The molecule has 26 heavy (non-hydrogen) atoms. The Morgan fingerprint density at radius 1 is 1.00 bits per heavy atom. The maximum atomic E-state index is 12.5. The largest absolute Gasteiger partial charge is 0.467 e. The summed E-state index contributed by atoms with van der Waals surface area (Å²) in [5, 5.41) is 4.99. The van der Waals surface area contributed by atoms with Crippen LogP contribution in [0.25, 0.3) is 10.8 Å². The molecule has 132 valence electrons. The molecule has 3 aromatic rings. The number of ether oxygens (including phenoxy) is 1. The Hall–Kier alpha value is -2.66. The lowest BCUT2D eigenvalue weighted by atomic mass is 10.0. The van der Waals surface area contributed by atoms with Crippen molar-refractivity contribution in [2.75, 3.05) is 7.11 Å². The number of rotatable bonds is 5. The van der Waals surface area contributed by atoms with E-state index in [1.807, 2.05) is 48.5 Å². The average Bonchev–Trinajstić information content (AvgIpc) is 2.66. The van der Waals surface area contributed by atoms with Gasteiger partial charge in [-0.2, -0.15) is 0 Å². The molecule has 3 rings (SSSR count). The van der Waals surface area contributed by atoms with Gasteiger partial charge in [0.1, 0.15) is 6.04 Å². The molecule has 0 spiro atoms. The van der Waals surface area contributed by atoms with Crippen LogP contribution in [-0.4, -0.2) is 25.0 Å². The molecule has 0 aliphatic carbocycles. The first-order chi connectivity index (χ1) is 12.6. The Balaban J connectivity index is 1.81. The minimum absolute atomic E-state index is 0.317. The van der Waals surface area contributed by atoms with E-state index in [9.17, 15) is 9.59 Å². The molecule has 0 saturated carbocycles. The van der Waals surface area contributed by atoms with Crippen molar-refractivity contribution in [2.45, 2.75) is 12.5 Å². The Morgan fingerprint density at radius 2 is 1.77 bits per heavy atom. The van der Waals surface area contributed by atoms with Crippen molar-refractivity contribution >= 4 is 38.6 Å². The predicted octanol–water partition coefficient (Wildman–Crippen LogP) is 4.12. The molecule has 0 fully saturated rings. The van der Waals surface area contributed by atoms with Crippen LogP contribution < -0.4 is 5.32 Å². The zero-order valence-corrected chi connectivity index (χ0v) is 15.8. The molecule has 1 amide bonds. The highest BCUT2D eigenvalue weighted by Gasteiger charge is 2.22. The topological polar surface area (TPSA) is 55.4 Å². The lowest BCUT2D eigenvalue weighted by Gasteiger charge is -2.17. The van der Waals surface area contributed by atoms with E-state index >= 15 is 0 Å². The molecule has 0 bridgehead atoms. The number of nitrogens with one attached hydrogen (secondary N) is 1. The molecule has 0 aliphatic rings. The lowest BCUT2D eigenvalue weighted by molar-refractivity contribution is -0.142. The quantitative estimate of drug-likeness (QED) is 0.642. The molecule has 0 unspecified atom stereocenters. The van der Waals surface area contributed by atoms with Crippen molar-refractivity contribution in [3.63, 3.8) is 0 Å². The number of carbonyl (C=O) groups is 2. The summed E-state index contributed by atoms with van der Waals surface area (Å²) in [6.07, 6.45) is 0.358. The van der Waals surface area contributed by atoms with Gasteiger partial charge in [-0.05, 0) is 34.5 Å². The summed E-state index contributed by atoms with van der Waals surface area (Å²) in [6, 6.07) is 20.3. The summed E-state index contributed by atoms with van der Waals surface area (Å²) in [5.41, 5.74) is 1.43. The summed E-state index contributed by atoms with van der Waals surface area (Å²) in [6.45, 7) is 0. The third-order valence-corrected chi connectivity index (χ3v) is 4.62. The summed E-state index contributed by atoms with van der Waals surface area (Å²) < 4.78 is 5.67. The van der Waals surface area contributed by atoms with Crippen molar-refractivity contribution in [2.24, 2.45) is 0 Å². The van der Waals surface area contributed by atoms with Crippen molar-refractivity contribution in [1.82, 2.24) is 5.32 Å². The molecule has 0 aliphatic heterocycles. The van der Waals surface area contributed by atoms with E-state index in [-0.39, 0.29) is 5.91 Å². The van der Waals surface area contributed by atoms with Crippen LogP contribution in [0, 0.1) is 0 Å². The van der Waals surface area contributed by atoms with Gasteiger partial charge in [0.2, 0.25) is 0 Å². The summed E-state index contributed by atoms with van der Waals surface area (Å²) >= 11 is 3.34. The summed E-state index contributed by atoms with van der Waals surface area (Å²) in [4.78, 5) is 24.7. The fourth-order valence-corrected chi connectivity index (χ4v) is 3.21. The third kappa shape index (κ3) is 4.29. The SMILES string of the molecule is COC(=O)[C@H](Cc1ccc2ccccc2c1)NC(=O)c1cccc(Br)c1. The Labute approximate surface area is 160 Å². The molecule has 0 radical (unpaired) electrons. The zero-order chi connectivity index (χ0) is 18.5. The number of methoxy groups -OCH3 is 1. The van der Waals surface area contributed by atoms with Crippen molar-refractivity contribution < 1.29 is 14.3 Å². The Morgan fingerprint density at radius 3 is 2.50 bits per heavy atom. The molecule has 5 heteroatoms. The maximum Gasteiger partial charge on any atom is 0.328 e. The number of fused-ring (bicyclic) bond motifs is 1. The van der Waals surface area contributed by atoms with Gasteiger partial charge in [0.05, 0.1) is 7.11 Å². The van der Waals surface area contributed by atoms with Crippen LogP contribution in [0.3, 0.4) is 0 Å². The highest BCUT2D eigenvalue weighted by Crippen LogP contribution is 2.17. The standard InChI is InChI=1S/C21H18BrNO3/c1-26-21(25)19(23-20(24)17-7-4-8-18(22)13-17)12-14-9-10-15-5-2-3-6-16(15)11-14/h2-11,13,19H,12H2,1H3,(H,23,24)/t19-/m0/s1. The van der Waals surface area contributed by atoms with Crippen LogP contribution in [0.2, 0.25) is 0 Å². The first kappa shape index (κ1) is 18.1. The van der Waals surface area contributed by atoms with E-state index in [0.29, 0.717) is 12.0 Å². The number of amides is 1. The van der Waals surface area contributed by atoms with E-state index < -0.39 is 12.0 Å². The number of hydrogen-bond donors (Lipinski definition) is 1. The number of carbonyl (C=O) groups excluding carboxylic acids is 2. The van der Waals surface area contributed by atoms with Crippen LogP contribution in [-0.2, 0) is 16.0 Å². The number of halogens is 1. The van der Waals surface area contributed by atoms with E-state index in [1.165, 1.54) is 7.11 Å². The Kier molecular flexibility index (Phi) is 5.68.